The minimum Gasteiger partial charge on any atom is -0.453 e. The van der Waals surface area contributed by atoms with E-state index in [0.717, 1.165) is 25.7 Å². The Balaban J connectivity index is 1.42. The molecule has 33 heavy (non-hydrogen) atoms. The highest BCUT2D eigenvalue weighted by atomic mass is 32.2. The Morgan fingerprint density at radius 1 is 1.09 bits per heavy atom. The van der Waals surface area contributed by atoms with Gasteiger partial charge in [0, 0.05) is 18.3 Å². The van der Waals surface area contributed by atoms with E-state index in [1.807, 2.05) is 0 Å². The fourth-order valence-electron chi connectivity index (χ4n) is 6.50. The van der Waals surface area contributed by atoms with Crippen LogP contribution in [0.25, 0.3) is 0 Å². The first-order valence-electron chi connectivity index (χ1n) is 11.5. The molecule has 0 radical (unpaired) electrons. The first-order valence-corrected chi connectivity index (χ1v) is 13.0. The maximum absolute atomic E-state index is 13.6. The molecule has 2 bridgehead atoms. The second-order valence-corrected chi connectivity index (χ2v) is 11.6. The molecule has 0 aromatic rings. The summed E-state index contributed by atoms with van der Waals surface area (Å²) in [7, 11) is -5.75. The summed E-state index contributed by atoms with van der Waals surface area (Å²) < 4.78 is 73.7. The molecule has 3 N–H and O–H groups in total. The van der Waals surface area contributed by atoms with Crippen LogP contribution in [-0.2, 0) is 29.1 Å². The molecule has 2 aliphatic heterocycles. The average Bonchev–Trinajstić information content (AvgIpc) is 3.49. The van der Waals surface area contributed by atoms with Crippen molar-refractivity contribution in [2.75, 3.05) is 6.61 Å². The highest BCUT2D eigenvalue weighted by molar-refractivity contribution is 7.86. The van der Waals surface area contributed by atoms with Crippen molar-refractivity contribution < 1.29 is 51.0 Å². The van der Waals surface area contributed by atoms with Crippen molar-refractivity contribution >= 4 is 16.1 Å². The second kappa shape index (κ2) is 8.63. The van der Waals surface area contributed by atoms with Gasteiger partial charge in [0.15, 0.2) is 6.10 Å². The van der Waals surface area contributed by atoms with E-state index in [-0.39, 0.29) is 17.9 Å². The third kappa shape index (κ3) is 4.42. The van der Waals surface area contributed by atoms with E-state index < -0.39 is 57.5 Å². The van der Waals surface area contributed by atoms with Crippen LogP contribution in [0.5, 0.6) is 0 Å². The highest BCUT2D eigenvalue weighted by Gasteiger charge is 2.66. The monoisotopic (exact) mass is 498 g/mol. The SMILES string of the molecule is CC(OC(=O)COC1CC2OC1C(C1(O)CCCC1)C2C1(O)CCCC1)C(F)(F)S(=O)(=O)O. The molecule has 0 aromatic heterocycles. The van der Waals surface area contributed by atoms with Crippen LogP contribution in [-0.4, -0.2) is 76.6 Å². The lowest BCUT2D eigenvalue weighted by Gasteiger charge is -2.46. The zero-order chi connectivity index (χ0) is 24.2. The van der Waals surface area contributed by atoms with Gasteiger partial charge in [-0.15, -0.1) is 0 Å². The highest BCUT2D eigenvalue weighted by Crippen LogP contribution is 2.58. The number of rotatable bonds is 8. The van der Waals surface area contributed by atoms with E-state index in [9.17, 15) is 32.2 Å². The van der Waals surface area contributed by atoms with Crippen molar-refractivity contribution in [1.29, 1.82) is 0 Å². The number of fused-ring (bicyclic) bond motifs is 2. The van der Waals surface area contributed by atoms with E-state index in [1.54, 1.807) is 0 Å². The zero-order valence-corrected chi connectivity index (χ0v) is 19.3. The van der Waals surface area contributed by atoms with Gasteiger partial charge in [-0.3, -0.25) is 4.55 Å². The summed E-state index contributed by atoms with van der Waals surface area (Å²) in [4.78, 5) is 12.0. The first kappa shape index (κ1) is 25.2. The quantitative estimate of drug-likeness (QED) is 0.338. The van der Waals surface area contributed by atoms with Gasteiger partial charge < -0.3 is 24.4 Å². The lowest BCUT2D eigenvalue weighted by Crippen LogP contribution is -2.56. The van der Waals surface area contributed by atoms with Gasteiger partial charge in [0.05, 0.1) is 29.5 Å². The van der Waals surface area contributed by atoms with E-state index in [2.05, 4.69) is 4.74 Å². The smallest absolute Gasteiger partial charge is 0.405 e. The minimum absolute atomic E-state index is 0.242. The number of hydrogen-bond acceptors (Lipinski definition) is 8. The molecule has 2 saturated heterocycles. The van der Waals surface area contributed by atoms with Gasteiger partial charge >= 0.3 is 21.3 Å². The Bertz CT molecular complexity index is 852. The van der Waals surface area contributed by atoms with Gasteiger partial charge in [0.2, 0.25) is 0 Å². The minimum atomic E-state index is -5.75. The predicted molar refractivity (Wildman–Crippen MR) is 109 cm³/mol. The molecule has 2 saturated carbocycles. The summed E-state index contributed by atoms with van der Waals surface area (Å²) in [6.45, 7) is -0.0614. The van der Waals surface area contributed by atoms with Crippen LogP contribution in [0.1, 0.15) is 64.7 Å². The van der Waals surface area contributed by atoms with Crippen LogP contribution < -0.4 is 0 Å². The third-order valence-corrected chi connectivity index (χ3v) is 9.04. The fourth-order valence-corrected chi connectivity index (χ4v) is 6.97. The number of halogens is 2. The molecule has 4 fully saturated rings. The van der Waals surface area contributed by atoms with Crippen LogP contribution in [0.3, 0.4) is 0 Å². The lowest BCUT2D eigenvalue weighted by atomic mass is 9.62. The lowest BCUT2D eigenvalue weighted by molar-refractivity contribution is -0.171. The summed E-state index contributed by atoms with van der Waals surface area (Å²) in [5, 5.41) is 18.1. The number of esters is 1. The average molecular weight is 499 g/mol. The molecular weight excluding hydrogens is 466 g/mol. The number of hydrogen-bond donors (Lipinski definition) is 3. The van der Waals surface area contributed by atoms with Gasteiger partial charge in [-0.1, -0.05) is 25.7 Å². The van der Waals surface area contributed by atoms with Crippen LogP contribution >= 0.6 is 0 Å². The van der Waals surface area contributed by atoms with E-state index >= 15 is 0 Å². The maximum Gasteiger partial charge on any atom is 0.405 e. The van der Waals surface area contributed by atoms with Gasteiger partial charge in [0.25, 0.3) is 0 Å². The third-order valence-electron chi connectivity index (χ3n) is 8.02. The molecule has 4 rings (SSSR count). The number of aliphatic hydroxyl groups is 2. The molecule has 2 aliphatic carbocycles. The summed E-state index contributed by atoms with van der Waals surface area (Å²) >= 11 is 0. The molecule has 12 heteroatoms. The second-order valence-electron chi connectivity index (χ2n) is 10.1. The Morgan fingerprint density at radius 2 is 1.61 bits per heavy atom. The van der Waals surface area contributed by atoms with Crippen molar-refractivity contribution in [3.63, 3.8) is 0 Å². The first-order chi connectivity index (χ1) is 15.3. The molecule has 6 atom stereocenters. The van der Waals surface area contributed by atoms with Crippen molar-refractivity contribution in [1.82, 2.24) is 0 Å². The Kier molecular flexibility index (Phi) is 6.59. The molecule has 0 amide bonds. The van der Waals surface area contributed by atoms with Crippen molar-refractivity contribution in [2.24, 2.45) is 11.8 Å². The summed E-state index contributed by atoms with van der Waals surface area (Å²) in [5.41, 5.74) is -1.92. The van der Waals surface area contributed by atoms with Crippen LogP contribution in [0.15, 0.2) is 0 Å². The van der Waals surface area contributed by atoms with Gasteiger partial charge in [0.1, 0.15) is 6.61 Å². The van der Waals surface area contributed by atoms with Crippen molar-refractivity contribution in [2.45, 2.75) is 106 Å². The standard InChI is InChI=1S/C21H32F2O9S/c1-12(21(22,23)33(27,28)29)31-15(24)11-30-14-10-13-16(19(25)6-2-3-7-19)17(18(14)32-13)20(26)8-4-5-9-20/h12-14,16-18,25-26H,2-11H2,1H3,(H,27,28,29). The van der Waals surface area contributed by atoms with E-state index in [4.69, 9.17) is 14.0 Å². The van der Waals surface area contributed by atoms with Gasteiger partial charge in [-0.2, -0.15) is 17.2 Å². The summed E-state index contributed by atoms with van der Waals surface area (Å²) in [6, 6.07) is 0. The Morgan fingerprint density at radius 3 is 2.12 bits per heavy atom. The van der Waals surface area contributed by atoms with Crippen LogP contribution in [0.4, 0.5) is 8.78 Å². The van der Waals surface area contributed by atoms with E-state index in [0.29, 0.717) is 39.0 Å². The number of alkyl halides is 2. The molecule has 0 spiro atoms. The number of carbonyl (C=O) groups excluding carboxylic acids is 1. The largest absolute Gasteiger partial charge is 0.453 e. The Hall–Kier alpha value is -0.920. The van der Waals surface area contributed by atoms with Gasteiger partial charge in [-0.05, 0) is 32.6 Å². The zero-order valence-electron chi connectivity index (χ0n) is 18.5. The van der Waals surface area contributed by atoms with E-state index in [1.165, 1.54) is 0 Å². The number of ether oxygens (including phenoxy) is 3. The molecule has 2 heterocycles. The van der Waals surface area contributed by atoms with Crippen molar-refractivity contribution in [3.05, 3.63) is 0 Å². The van der Waals surface area contributed by atoms with Crippen LogP contribution in [0.2, 0.25) is 0 Å². The normalized spacial score (nSPS) is 36.2. The molecule has 6 unspecified atom stereocenters. The number of carbonyl (C=O) groups is 1. The summed E-state index contributed by atoms with van der Waals surface area (Å²) in [6.07, 6.45) is 2.50. The molecular formula is C21H32F2O9S. The Labute approximate surface area is 191 Å². The van der Waals surface area contributed by atoms with Crippen LogP contribution in [0, 0.1) is 11.8 Å². The fraction of sp³-hybridized carbons (Fsp3) is 0.952. The predicted octanol–water partition coefficient (Wildman–Crippen LogP) is 1.80. The van der Waals surface area contributed by atoms with Crippen molar-refractivity contribution in [3.8, 4) is 0 Å². The molecule has 4 aliphatic rings. The topological polar surface area (TPSA) is 140 Å². The summed E-state index contributed by atoms with van der Waals surface area (Å²) in [5.74, 6) is -1.82. The molecule has 190 valence electrons. The molecule has 0 aromatic carbocycles. The molecule has 9 nitrogen and oxygen atoms in total. The van der Waals surface area contributed by atoms with Gasteiger partial charge in [-0.25, -0.2) is 4.79 Å². The maximum atomic E-state index is 13.6.